The van der Waals surface area contributed by atoms with Gasteiger partial charge in [0.05, 0.1) is 30.1 Å². The third-order valence-electron chi connectivity index (χ3n) is 7.37. The van der Waals surface area contributed by atoms with Crippen molar-refractivity contribution in [1.82, 2.24) is 4.98 Å². The molecular weight excluding hydrogens is 388 g/mol. The van der Waals surface area contributed by atoms with Gasteiger partial charge in [-0.2, -0.15) is 0 Å². The molecule has 6 rings (SSSR count). The number of hydrogen-bond acceptors (Lipinski definition) is 5. The molecule has 1 aromatic carbocycles. The zero-order valence-corrected chi connectivity index (χ0v) is 17.9. The highest BCUT2D eigenvalue weighted by Crippen LogP contribution is 2.40. The molecule has 2 saturated heterocycles. The van der Waals surface area contributed by atoms with E-state index < -0.39 is 0 Å². The minimum Gasteiger partial charge on any atom is -0.371 e. The Kier molecular flexibility index (Phi) is 4.82. The van der Waals surface area contributed by atoms with Gasteiger partial charge in [0.15, 0.2) is 0 Å². The molecule has 2 bridgehead atoms. The van der Waals surface area contributed by atoms with Gasteiger partial charge >= 0.3 is 0 Å². The van der Waals surface area contributed by atoms with Gasteiger partial charge in [-0.3, -0.25) is 4.79 Å². The first-order valence-electron chi connectivity index (χ1n) is 11.8. The molecule has 2 atom stereocenters. The summed E-state index contributed by atoms with van der Waals surface area (Å²) in [5, 5.41) is 3.50. The van der Waals surface area contributed by atoms with Crippen LogP contribution in [0.2, 0.25) is 0 Å². The van der Waals surface area contributed by atoms with Gasteiger partial charge in [0, 0.05) is 36.5 Å². The Balaban J connectivity index is 1.38. The van der Waals surface area contributed by atoms with Crippen LogP contribution in [0.25, 0.3) is 0 Å². The summed E-state index contributed by atoms with van der Waals surface area (Å²) in [6.07, 6.45) is 10.4. The number of amides is 1. The van der Waals surface area contributed by atoms with Gasteiger partial charge in [-0.25, -0.2) is 4.98 Å². The highest BCUT2D eigenvalue weighted by Gasteiger charge is 2.35. The molecule has 0 radical (unpaired) electrons. The first-order valence-corrected chi connectivity index (χ1v) is 11.8. The van der Waals surface area contributed by atoms with Gasteiger partial charge in [-0.15, -0.1) is 0 Å². The third-order valence-corrected chi connectivity index (χ3v) is 7.37. The van der Waals surface area contributed by atoms with Crippen molar-refractivity contribution in [3.63, 3.8) is 0 Å². The van der Waals surface area contributed by atoms with Gasteiger partial charge in [-0.1, -0.05) is 25.3 Å². The average Bonchev–Trinajstić information content (AvgIpc) is 3.06. The first kappa shape index (κ1) is 19.1. The molecular formula is C25H30N4O2. The molecule has 3 aliphatic heterocycles. The summed E-state index contributed by atoms with van der Waals surface area (Å²) in [5.74, 6) is 1.24. The van der Waals surface area contributed by atoms with E-state index in [2.05, 4.69) is 39.5 Å². The van der Waals surface area contributed by atoms with Gasteiger partial charge in [0.2, 0.25) is 5.91 Å². The molecule has 1 N–H and O–H groups in total. The first-order chi connectivity index (χ1) is 15.2. The molecule has 6 nitrogen and oxygen atoms in total. The second-order valence-electron chi connectivity index (χ2n) is 9.46. The topological polar surface area (TPSA) is 57.7 Å². The summed E-state index contributed by atoms with van der Waals surface area (Å²) >= 11 is 0. The van der Waals surface area contributed by atoms with E-state index in [4.69, 9.17) is 4.74 Å². The number of nitrogens with zero attached hydrogens (tertiary/aromatic N) is 3. The van der Waals surface area contributed by atoms with Crippen LogP contribution in [0.4, 0.5) is 22.9 Å². The number of hydrogen-bond donors (Lipinski definition) is 1. The predicted octanol–water partition coefficient (Wildman–Crippen LogP) is 4.62. The van der Waals surface area contributed by atoms with Crippen LogP contribution in [0.3, 0.4) is 0 Å². The molecule has 1 amide bonds. The average molecular weight is 419 g/mol. The predicted molar refractivity (Wildman–Crippen MR) is 122 cm³/mol. The van der Waals surface area contributed by atoms with Gasteiger partial charge in [0.25, 0.3) is 0 Å². The van der Waals surface area contributed by atoms with E-state index in [1.807, 2.05) is 17.2 Å². The van der Waals surface area contributed by atoms with E-state index in [1.54, 1.807) is 0 Å². The molecule has 4 aliphatic rings. The standard InChI is InChI=1S/C25H30N4O2/c30-25(17-5-2-1-3-6-17)29-14-18-7-4-12-26-24(18)27-22-11-8-19(13-23(22)29)28-15-20-9-10-21(16-28)31-20/h4,7-8,11-13,17,20-21H,1-3,5-6,9-10,14-16H2,(H,26,27). The number of rotatable bonds is 2. The van der Waals surface area contributed by atoms with Crippen molar-refractivity contribution in [3.8, 4) is 0 Å². The Morgan fingerprint density at radius 2 is 1.84 bits per heavy atom. The molecule has 1 aromatic heterocycles. The zero-order valence-electron chi connectivity index (χ0n) is 17.9. The van der Waals surface area contributed by atoms with E-state index in [-0.39, 0.29) is 11.8 Å². The molecule has 3 fully saturated rings. The quantitative estimate of drug-likeness (QED) is 0.771. The molecule has 1 saturated carbocycles. The van der Waals surface area contributed by atoms with Gasteiger partial charge < -0.3 is 19.9 Å². The van der Waals surface area contributed by atoms with Crippen molar-refractivity contribution in [2.75, 3.05) is 28.2 Å². The van der Waals surface area contributed by atoms with Crippen molar-refractivity contribution in [3.05, 3.63) is 42.1 Å². The van der Waals surface area contributed by atoms with Gasteiger partial charge in [0.1, 0.15) is 5.82 Å². The summed E-state index contributed by atoms with van der Waals surface area (Å²) in [4.78, 5) is 22.7. The van der Waals surface area contributed by atoms with Crippen LogP contribution in [0.1, 0.15) is 50.5 Å². The second-order valence-corrected chi connectivity index (χ2v) is 9.46. The molecule has 0 spiro atoms. The van der Waals surface area contributed by atoms with E-state index >= 15 is 0 Å². The number of carbonyl (C=O) groups excluding carboxylic acids is 1. The van der Waals surface area contributed by atoms with E-state index in [0.29, 0.717) is 18.8 Å². The van der Waals surface area contributed by atoms with Crippen LogP contribution in [0, 0.1) is 5.92 Å². The maximum Gasteiger partial charge on any atom is 0.230 e. The third kappa shape index (κ3) is 3.57. The Bertz CT molecular complexity index is 975. The Morgan fingerprint density at radius 3 is 2.65 bits per heavy atom. The normalized spacial score (nSPS) is 25.4. The monoisotopic (exact) mass is 418 g/mol. The number of aromatic nitrogens is 1. The highest BCUT2D eigenvalue weighted by atomic mass is 16.5. The molecule has 2 aromatic rings. The largest absolute Gasteiger partial charge is 0.371 e. The number of fused-ring (bicyclic) bond motifs is 4. The number of pyridine rings is 1. The fraction of sp³-hybridized carbons (Fsp3) is 0.520. The lowest BCUT2D eigenvalue weighted by Crippen LogP contribution is -2.42. The fourth-order valence-corrected chi connectivity index (χ4v) is 5.70. The van der Waals surface area contributed by atoms with Crippen LogP contribution in [-0.2, 0) is 16.1 Å². The summed E-state index contributed by atoms with van der Waals surface area (Å²) in [5.41, 5.74) is 4.18. The summed E-state index contributed by atoms with van der Waals surface area (Å²) in [7, 11) is 0. The minimum atomic E-state index is 0.128. The summed E-state index contributed by atoms with van der Waals surface area (Å²) in [6.45, 7) is 2.43. The number of nitrogens with one attached hydrogen (secondary N) is 1. The molecule has 4 heterocycles. The second kappa shape index (κ2) is 7.83. The SMILES string of the molecule is O=C(C1CCCCC1)N1Cc2cccnc2Nc2ccc(N3CC4CCC(C3)O4)cc21. The maximum absolute atomic E-state index is 13.7. The van der Waals surface area contributed by atoms with Crippen LogP contribution >= 0.6 is 0 Å². The van der Waals surface area contributed by atoms with E-state index in [1.165, 1.54) is 12.1 Å². The number of carbonyl (C=O) groups is 1. The lowest BCUT2D eigenvalue weighted by molar-refractivity contribution is -0.123. The van der Waals surface area contributed by atoms with Crippen molar-refractivity contribution in [2.45, 2.75) is 63.7 Å². The maximum atomic E-state index is 13.7. The van der Waals surface area contributed by atoms with Crippen molar-refractivity contribution >= 4 is 28.8 Å². The molecule has 31 heavy (non-hydrogen) atoms. The molecule has 2 unspecified atom stereocenters. The number of anilines is 4. The smallest absolute Gasteiger partial charge is 0.230 e. The van der Waals surface area contributed by atoms with Crippen LogP contribution in [-0.4, -0.2) is 36.2 Å². The zero-order chi connectivity index (χ0) is 20.8. The summed E-state index contributed by atoms with van der Waals surface area (Å²) < 4.78 is 6.04. The molecule has 162 valence electrons. The highest BCUT2D eigenvalue weighted by molar-refractivity contribution is 6.00. The number of benzene rings is 1. The number of morpholine rings is 1. The lowest BCUT2D eigenvalue weighted by Gasteiger charge is -2.35. The Morgan fingerprint density at radius 1 is 1.03 bits per heavy atom. The molecule has 6 heteroatoms. The Labute approximate surface area is 183 Å². The van der Waals surface area contributed by atoms with E-state index in [0.717, 1.165) is 74.4 Å². The fourth-order valence-electron chi connectivity index (χ4n) is 5.70. The van der Waals surface area contributed by atoms with Crippen LogP contribution < -0.4 is 15.1 Å². The van der Waals surface area contributed by atoms with Crippen LogP contribution in [0.5, 0.6) is 0 Å². The van der Waals surface area contributed by atoms with Gasteiger partial charge in [-0.05, 0) is 49.9 Å². The summed E-state index contributed by atoms with van der Waals surface area (Å²) in [6, 6.07) is 10.5. The van der Waals surface area contributed by atoms with Crippen LogP contribution in [0.15, 0.2) is 36.5 Å². The van der Waals surface area contributed by atoms with Crippen molar-refractivity contribution < 1.29 is 9.53 Å². The minimum absolute atomic E-state index is 0.128. The molecule has 1 aliphatic carbocycles. The van der Waals surface area contributed by atoms with Crippen molar-refractivity contribution in [2.24, 2.45) is 5.92 Å². The lowest BCUT2D eigenvalue weighted by atomic mass is 9.88. The Hall–Kier alpha value is -2.60. The number of ether oxygens (including phenoxy) is 1. The van der Waals surface area contributed by atoms with E-state index in [9.17, 15) is 4.79 Å². The van der Waals surface area contributed by atoms with Crippen molar-refractivity contribution in [1.29, 1.82) is 0 Å².